The van der Waals surface area contributed by atoms with Gasteiger partial charge < -0.3 is 25.5 Å². The molecule has 0 spiro atoms. The van der Waals surface area contributed by atoms with E-state index in [1.54, 1.807) is 42.5 Å². The van der Waals surface area contributed by atoms with Crippen LogP contribution in [0.3, 0.4) is 0 Å². The Balaban J connectivity index is 1.68. The number of amides is 2. The average molecular weight is 442 g/mol. The molecule has 9 heteroatoms. The highest BCUT2D eigenvalue weighted by atomic mass is 32.2. The number of likely N-dealkylation sites (tertiary alicyclic amines) is 1. The molecular weight excluding hydrogens is 418 g/mol. The van der Waals surface area contributed by atoms with Crippen molar-refractivity contribution in [2.75, 3.05) is 6.61 Å². The maximum absolute atomic E-state index is 13.2. The Morgan fingerprint density at radius 2 is 1.77 bits per heavy atom. The highest BCUT2D eigenvalue weighted by molar-refractivity contribution is 8.14. The Kier molecular flexibility index (Phi) is 6.10. The number of aliphatic hydroxyl groups is 3. The molecule has 0 unspecified atom stereocenters. The molecule has 8 nitrogen and oxygen atoms in total. The van der Waals surface area contributed by atoms with Gasteiger partial charge in [0.25, 0.3) is 5.91 Å². The predicted molar refractivity (Wildman–Crippen MR) is 117 cm³/mol. The Hall–Kier alpha value is -2.72. The van der Waals surface area contributed by atoms with E-state index in [0.717, 1.165) is 17.3 Å². The number of piperidine rings is 1. The van der Waals surface area contributed by atoms with E-state index in [0.29, 0.717) is 11.3 Å². The predicted octanol–water partition coefficient (Wildman–Crippen LogP) is 0.821. The van der Waals surface area contributed by atoms with Gasteiger partial charge in [-0.25, -0.2) is 4.99 Å². The molecule has 2 aliphatic heterocycles. The van der Waals surface area contributed by atoms with Gasteiger partial charge in [0.2, 0.25) is 5.91 Å². The molecule has 2 aromatic carbocycles. The number of hydrogen-bond acceptors (Lipinski definition) is 7. The van der Waals surface area contributed by atoms with E-state index in [9.17, 15) is 24.9 Å². The monoisotopic (exact) mass is 441 g/mol. The number of nitrogens with one attached hydrogen (secondary N) is 1. The number of carbonyl (C=O) groups is 2. The average Bonchev–Trinajstić information content (AvgIpc) is 2.78. The van der Waals surface area contributed by atoms with Crippen LogP contribution in [0.1, 0.15) is 15.9 Å². The van der Waals surface area contributed by atoms with Gasteiger partial charge in [-0.1, -0.05) is 47.7 Å². The van der Waals surface area contributed by atoms with Gasteiger partial charge in [0.15, 0.2) is 5.17 Å². The van der Waals surface area contributed by atoms with E-state index in [-0.39, 0.29) is 5.17 Å². The number of aliphatic imine (C=N–C) groups is 1. The molecule has 0 radical (unpaired) electrons. The molecule has 0 aromatic heterocycles. The molecule has 2 amide bonds. The number of nitrogens with zero attached hydrogens (tertiary/aromatic N) is 2. The Morgan fingerprint density at radius 3 is 2.42 bits per heavy atom. The number of aryl methyl sites for hydroxylation is 1. The fourth-order valence-electron chi connectivity index (χ4n) is 3.88. The Labute approximate surface area is 183 Å². The highest BCUT2D eigenvalue weighted by Crippen LogP contribution is 2.37. The summed E-state index contributed by atoms with van der Waals surface area (Å²) in [6, 6.07) is 13.5. The maximum atomic E-state index is 13.2. The second-order valence-corrected chi connectivity index (χ2v) is 8.75. The Bertz CT molecular complexity index is 998. The minimum absolute atomic E-state index is 0.274. The fourth-order valence-corrected chi connectivity index (χ4v) is 5.14. The summed E-state index contributed by atoms with van der Waals surface area (Å²) < 4.78 is 0. The lowest BCUT2D eigenvalue weighted by Crippen LogP contribution is -2.73. The maximum Gasteiger partial charge on any atom is 0.254 e. The van der Waals surface area contributed by atoms with Gasteiger partial charge in [-0.15, -0.1) is 0 Å². The largest absolute Gasteiger partial charge is 0.394 e. The van der Waals surface area contributed by atoms with E-state index in [4.69, 9.17) is 0 Å². The van der Waals surface area contributed by atoms with Crippen molar-refractivity contribution >= 4 is 34.4 Å². The zero-order valence-corrected chi connectivity index (χ0v) is 17.6. The lowest BCUT2D eigenvalue weighted by atomic mass is 9.88. The van der Waals surface area contributed by atoms with Gasteiger partial charge in [-0.3, -0.25) is 9.59 Å². The molecule has 2 saturated heterocycles. The van der Waals surface area contributed by atoms with E-state index < -0.39 is 48.0 Å². The van der Waals surface area contributed by atoms with Crippen molar-refractivity contribution in [2.45, 2.75) is 36.5 Å². The van der Waals surface area contributed by atoms with Crippen LogP contribution in [-0.2, 0) is 4.79 Å². The SMILES string of the molecule is Cc1ccc(N=C2NC(=O)[C@H]3[C@@H](S2)[C@@H](O)[C@H](O)[C@@H](CO)N3C(=O)c2ccccc2)cc1. The van der Waals surface area contributed by atoms with E-state index >= 15 is 0 Å². The summed E-state index contributed by atoms with van der Waals surface area (Å²) in [4.78, 5) is 31.9. The number of amidine groups is 1. The molecule has 5 atom stereocenters. The fraction of sp³-hybridized carbons (Fsp3) is 0.318. The normalized spacial score (nSPS) is 29.4. The van der Waals surface area contributed by atoms with Gasteiger partial charge in [-0.05, 0) is 31.2 Å². The number of fused-ring (bicyclic) bond motifs is 1. The van der Waals surface area contributed by atoms with Crippen LogP contribution in [0.4, 0.5) is 5.69 Å². The molecule has 2 aliphatic rings. The number of aliphatic hydroxyl groups excluding tert-OH is 3. The number of benzene rings is 2. The number of carbonyl (C=O) groups excluding carboxylic acids is 2. The standard InChI is InChI=1S/C22H23N3O5S/c1-12-7-9-14(10-8-12)23-22-24-20(29)16-19(31-22)18(28)17(27)15(11-26)25(16)21(30)13-5-3-2-4-6-13/h2-10,15-19,26-28H,11H2,1H3,(H,23,24,29)/t15-,16-,17-,18+,19-/m1/s1. The van der Waals surface area contributed by atoms with Crippen molar-refractivity contribution in [3.05, 3.63) is 65.7 Å². The zero-order chi connectivity index (χ0) is 22.1. The summed E-state index contributed by atoms with van der Waals surface area (Å²) in [6.45, 7) is 1.36. The van der Waals surface area contributed by atoms with Crippen molar-refractivity contribution in [3.63, 3.8) is 0 Å². The molecule has 4 N–H and O–H groups in total. The molecule has 162 valence electrons. The van der Waals surface area contributed by atoms with Crippen molar-refractivity contribution in [1.29, 1.82) is 0 Å². The summed E-state index contributed by atoms with van der Waals surface area (Å²) in [5, 5.41) is 33.4. The number of rotatable bonds is 3. The lowest BCUT2D eigenvalue weighted by Gasteiger charge is -2.50. The summed E-state index contributed by atoms with van der Waals surface area (Å²) in [5.41, 5.74) is 2.02. The third-order valence-electron chi connectivity index (χ3n) is 5.50. The van der Waals surface area contributed by atoms with Crippen molar-refractivity contribution in [2.24, 2.45) is 4.99 Å². The van der Waals surface area contributed by atoms with Crippen LogP contribution in [-0.4, -0.2) is 73.3 Å². The van der Waals surface area contributed by atoms with E-state index in [2.05, 4.69) is 10.3 Å². The van der Waals surface area contributed by atoms with Crippen LogP contribution in [0.15, 0.2) is 59.6 Å². The second kappa shape index (κ2) is 8.80. The first-order valence-electron chi connectivity index (χ1n) is 9.88. The van der Waals surface area contributed by atoms with Crippen LogP contribution in [0.25, 0.3) is 0 Å². The minimum atomic E-state index is -1.42. The molecule has 0 saturated carbocycles. The van der Waals surface area contributed by atoms with Crippen LogP contribution < -0.4 is 5.32 Å². The summed E-state index contributed by atoms with van der Waals surface area (Å²) in [6.07, 6.45) is -2.75. The zero-order valence-electron chi connectivity index (χ0n) is 16.8. The number of hydrogen-bond donors (Lipinski definition) is 4. The Morgan fingerprint density at radius 1 is 1.10 bits per heavy atom. The van der Waals surface area contributed by atoms with Crippen LogP contribution in [0.5, 0.6) is 0 Å². The molecule has 0 bridgehead atoms. The smallest absolute Gasteiger partial charge is 0.254 e. The third kappa shape index (κ3) is 4.09. The summed E-state index contributed by atoms with van der Waals surface area (Å²) in [7, 11) is 0. The molecule has 2 heterocycles. The summed E-state index contributed by atoms with van der Waals surface area (Å²) in [5.74, 6) is -1.03. The van der Waals surface area contributed by atoms with Gasteiger partial charge in [0, 0.05) is 5.56 Å². The topological polar surface area (TPSA) is 122 Å². The van der Waals surface area contributed by atoms with Gasteiger partial charge in [0.1, 0.15) is 12.1 Å². The second-order valence-electron chi connectivity index (χ2n) is 7.58. The lowest BCUT2D eigenvalue weighted by molar-refractivity contribution is -0.137. The van der Waals surface area contributed by atoms with Crippen molar-refractivity contribution in [3.8, 4) is 0 Å². The molecular formula is C22H23N3O5S. The van der Waals surface area contributed by atoms with E-state index in [1.165, 1.54) is 4.90 Å². The van der Waals surface area contributed by atoms with E-state index in [1.807, 2.05) is 19.1 Å². The summed E-state index contributed by atoms with van der Waals surface area (Å²) >= 11 is 1.09. The minimum Gasteiger partial charge on any atom is -0.394 e. The van der Waals surface area contributed by atoms with Crippen LogP contribution in [0, 0.1) is 6.92 Å². The molecule has 2 aromatic rings. The van der Waals surface area contributed by atoms with Gasteiger partial charge in [0.05, 0.1) is 29.7 Å². The van der Waals surface area contributed by atoms with Gasteiger partial charge >= 0.3 is 0 Å². The highest BCUT2D eigenvalue weighted by Gasteiger charge is 2.55. The molecule has 2 fully saturated rings. The first-order valence-corrected chi connectivity index (χ1v) is 10.8. The molecule has 4 rings (SSSR count). The van der Waals surface area contributed by atoms with Crippen LogP contribution in [0.2, 0.25) is 0 Å². The molecule has 31 heavy (non-hydrogen) atoms. The van der Waals surface area contributed by atoms with Crippen LogP contribution >= 0.6 is 11.8 Å². The third-order valence-corrected chi connectivity index (χ3v) is 6.73. The van der Waals surface area contributed by atoms with Gasteiger partial charge in [-0.2, -0.15) is 0 Å². The van der Waals surface area contributed by atoms with Crippen molar-refractivity contribution < 1.29 is 24.9 Å². The first kappa shape index (κ1) is 21.5. The van der Waals surface area contributed by atoms with Crippen molar-refractivity contribution in [1.82, 2.24) is 10.2 Å². The molecule has 0 aliphatic carbocycles. The number of thioether (sulfide) groups is 1. The first-order chi connectivity index (χ1) is 14.9. The quantitative estimate of drug-likeness (QED) is 0.560.